The average Bonchev–Trinajstić information content (AvgIpc) is 2.23. The van der Waals surface area contributed by atoms with Gasteiger partial charge in [-0.25, -0.2) is 0 Å². The van der Waals surface area contributed by atoms with E-state index in [4.69, 9.17) is 4.74 Å². The second-order valence-corrected chi connectivity index (χ2v) is 7.42. The Balaban J connectivity index is 2.36. The fourth-order valence-corrected chi connectivity index (χ4v) is 2.28. The molecule has 1 heterocycles. The molecule has 0 aromatic rings. The summed E-state index contributed by atoms with van der Waals surface area (Å²) in [4.78, 5) is 6.54. The molecular formula is C15H29N2O2-. The van der Waals surface area contributed by atoms with Crippen LogP contribution in [0.25, 0.3) is 0 Å². The van der Waals surface area contributed by atoms with Crippen molar-refractivity contribution in [1.29, 1.82) is 0 Å². The summed E-state index contributed by atoms with van der Waals surface area (Å²) in [5, 5.41) is 11.5. The Morgan fingerprint density at radius 3 is 2.11 bits per heavy atom. The Hall–Kier alpha value is -0.770. The van der Waals surface area contributed by atoms with Crippen molar-refractivity contribution in [3.05, 3.63) is 0 Å². The van der Waals surface area contributed by atoms with Crippen LogP contribution < -0.4 is 5.11 Å². The molecule has 0 aromatic carbocycles. The molecule has 0 saturated carbocycles. The quantitative estimate of drug-likeness (QED) is 0.569. The fraction of sp³-hybridized carbons (Fsp3) is 0.933. The molecule has 1 saturated heterocycles. The topological polar surface area (TPSA) is 47.9 Å². The van der Waals surface area contributed by atoms with Gasteiger partial charge in [0, 0.05) is 17.7 Å². The Morgan fingerprint density at radius 1 is 1.16 bits per heavy atom. The minimum atomic E-state index is -0.448. The van der Waals surface area contributed by atoms with E-state index >= 15 is 0 Å². The number of nitrogens with zero attached hydrogens (tertiary/aromatic N) is 2. The molecule has 112 valence electrons. The van der Waals surface area contributed by atoms with Crippen molar-refractivity contribution in [1.82, 2.24) is 4.90 Å². The Labute approximate surface area is 117 Å². The molecule has 0 bridgehead atoms. The van der Waals surface area contributed by atoms with Gasteiger partial charge in [-0.05, 0) is 52.6 Å². The first-order valence-corrected chi connectivity index (χ1v) is 7.23. The maximum Gasteiger partial charge on any atom is 0.145 e. The van der Waals surface area contributed by atoms with E-state index in [9.17, 15) is 5.11 Å². The molecule has 0 radical (unpaired) electrons. The molecule has 1 aliphatic heterocycles. The van der Waals surface area contributed by atoms with Crippen LogP contribution in [0.1, 0.15) is 54.4 Å². The molecule has 19 heavy (non-hydrogen) atoms. The van der Waals surface area contributed by atoms with E-state index in [1.165, 1.54) is 0 Å². The highest BCUT2D eigenvalue weighted by Gasteiger charge is 2.26. The molecular weight excluding hydrogens is 240 g/mol. The maximum atomic E-state index is 11.5. The highest BCUT2D eigenvalue weighted by atomic mass is 16.6. The number of ether oxygens (including phenoxy) is 1. The molecule has 0 unspecified atom stereocenters. The van der Waals surface area contributed by atoms with Gasteiger partial charge >= 0.3 is 0 Å². The number of hydrogen-bond donors (Lipinski definition) is 0. The van der Waals surface area contributed by atoms with Crippen molar-refractivity contribution in [2.24, 2.45) is 10.9 Å². The van der Waals surface area contributed by atoms with Gasteiger partial charge in [0.05, 0.1) is 0 Å². The van der Waals surface area contributed by atoms with Crippen molar-refractivity contribution in [2.75, 3.05) is 19.6 Å². The van der Waals surface area contributed by atoms with Crippen molar-refractivity contribution < 1.29 is 9.84 Å². The first-order chi connectivity index (χ1) is 8.58. The predicted octanol–water partition coefficient (Wildman–Crippen LogP) is 2.03. The average molecular weight is 269 g/mol. The van der Waals surface area contributed by atoms with E-state index in [2.05, 4.69) is 30.7 Å². The van der Waals surface area contributed by atoms with E-state index in [0.717, 1.165) is 25.9 Å². The third-order valence-electron chi connectivity index (χ3n) is 3.44. The Morgan fingerprint density at radius 2 is 1.68 bits per heavy atom. The molecule has 0 atom stereocenters. The van der Waals surface area contributed by atoms with Crippen LogP contribution >= 0.6 is 0 Å². The van der Waals surface area contributed by atoms with Gasteiger partial charge in [0.25, 0.3) is 0 Å². The number of aliphatic imine (C=N–C) groups is 1. The third-order valence-corrected chi connectivity index (χ3v) is 3.44. The number of rotatable bonds is 2. The smallest absolute Gasteiger partial charge is 0.145 e. The van der Waals surface area contributed by atoms with Gasteiger partial charge in [-0.2, -0.15) is 0 Å². The lowest BCUT2D eigenvalue weighted by Gasteiger charge is -2.40. The molecule has 1 rings (SSSR count). The molecule has 0 N–H and O–H groups in total. The molecule has 0 amide bonds. The predicted molar refractivity (Wildman–Crippen MR) is 77.2 cm³/mol. The summed E-state index contributed by atoms with van der Waals surface area (Å²) in [5.74, 6) is 0.520. The summed E-state index contributed by atoms with van der Waals surface area (Å²) in [6, 6.07) is 0. The number of hydrogen-bond acceptors (Lipinski definition) is 4. The monoisotopic (exact) mass is 269 g/mol. The van der Waals surface area contributed by atoms with Crippen molar-refractivity contribution in [3.63, 3.8) is 0 Å². The van der Waals surface area contributed by atoms with Gasteiger partial charge in [-0.1, -0.05) is 20.8 Å². The van der Waals surface area contributed by atoms with Crippen LogP contribution in [-0.2, 0) is 4.74 Å². The lowest BCUT2D eigenvalue weighted by Crippen LogP contribution is -2.46. The Bertz CT molecular complexity index is 305. The maximum absolute atomic E-state index is 11.5. The van der Waals surface area contributed by atoms with Crippen LogP contribution in [0.4, 0.5) is 0 Å². The zero-order valence-corrected chi connectivity index (χ0v) is 13.3. The summed E-state index contributed by atoms with van der Waals surface area (Å²) >= 11 is 0. The summed E-state index contributed by atoms with van der Waals surface area (Å²) in [6.45, 7) is 15.1. The van der Waals surface area contributed by atoms with Crippen molar-refractivity contribution in [3.8, 4) is 0 Å². The van der Waals surface area contributed by atoms with Crippen LogP contribution in [0.3, 0.4) is 0 Å². The summed E-state index contributed by atoms with van der Waals surface area (Å²) in [5.41, 5.74) is -0.205. The molecule has 0 spiro atoms. The normalized spacial score (nSPS) is 20.6. The standard InChI is InChI=1S/C15H30N2O2/c1-14(2,3)17-9-7-12(8-10-17)11-16-13(18)19-15(4,5)6/h12H,7-11H2,1-6H3,(H,16,18)/p-1. The minimum Gasteiger partial charge on any atom is -0.595 e. The summed E-state index contributed by atoms with van der Waals surface area (Å²) in [6.07, 6.45) is 1.80. The van der Waals surface area contributed by atoms with E-state index in [0.29, 0.717) is 12.5 Å². The van der Waals surface area contributed by atoms with Gasteiger partial charge in [-0.3, -0.25) is 9.89 Å². The molecule has 0 aromatic heterocycles. The second kappa shape index (κ2) is 6.12. The molecule has 0 aliphatic carbocycles. The van der Waals surface area contributed by atoms with Crippen LogP contribution in [-0.4, -0.2) is 41.8 Å². The van der Waals surface area contributed by atoms with Crippen molar-refractivity contribution in [2.45, 2.75) is 65.5 Å². The number of likely N-dealkylation sites (tertiary alicyclic amines) is 1. The second-order valence-electron chi connectivity index (χ2n) is 7.42. The lowest BCUT2D eigenvalue weighted by atomic mass is 9.93. The third kappa shape index (κ3) is 6.28. The van der Waals surface area contributed by atoms with Gasteiger partial charge in [0.15, 0.2) is 0 Å². The number of piperidine rings is 1. The molecule has 4 nitrogen and oxygen atoms in total. The fourth-order valence-electron chi connectivity index (χ4n) is 2.28. The van der Waals surface area contributed by atoms with Crippen molar-refractivity contribution >= 4 is 6.08 Å². The first kappa shape index (κ1) is 16.3. The SMILES string of the molecule is CC(C)(C)OC([O-])=NCC1CCN(C(C)(C)C)CC1. The van der Waals surface area contributed by atoms with E-state index < -0.39 is 11.7 Å². The van der Waals surface area contributed by atoms with Gasteiger partial charge in [0.1, 0.15) is 6.08 Å². The zero-order chi connectivity index (χ0) is 14.7. The van der Waals surface area contributed by atoms with Gasteiger partial charge < -0.3 is 9.84 Å². The zero-order valence-electron chi connectivity index (χ0n) is 13.3. The lowest BCUT2D eigenvalue weighted by molar-refractivity contribution is -0.260. The largest absolute Gasteiger partial charge is 0.595 e. The summed E-state index contributed by atoms with van der Waals surface area (Å²) in [7, 11) is 0. The minimum absolute atomic E-state index is 0.243. The van der Waals surface area contributed by atoms with Gasteiger partial charge in [0.2, 0.25) is 0 Å². The first-order valence-electron chi connectivity index (χ1n) is 7.23. The van der Waals surface area contributed by atoms with E-state index in [1.54, 1.807) is 0 Å². The molecule has 1 fully saturated rings. The van der Waals surface area contributed by atoms with Crippen LogP contribution in [0.15, 0.2) is 4.99 Å². The molecule has 1 aliphatic rings. The van der Waals surface area contributed by atoms with Gasteiger partial charge in [-0.15, -0.1) is 0 Å². The van der Waals surface area contributed by atoms with Crippen LogP contribution in [0, 0.1) is 5.92 Å². The highest BCUT2D eigenvalue weighted by Crippen LogP contribution is 2.23. The highest BCUT2D eigenvalue weighted by molar-refractivity contribution is 5.62. The molecule has 4 heteroatoms. The Kier molecular flexibility index (Phi) is 5.25. The van der Waals surface area contributed by atoms with Crippen LogP contribution in [0.5, 0.6) is 0 Å². The van der Waals surface area contributed by atoms with E-state index in [1.807, 2.05) is 20.8 Å². The summed E-state index contributed by atoms with van der Waals surface area (Å²) < 4.78 is 5.19. The van der Waals surface area contributed by atoms with E-state index in [-0.39, 0.29) is 5.54 Å². The van der Waals surface area contributed by atoms with Crippen LogP contribution in [0.2, 0.25) is 0 Å².